The van der Waals surface area contributed by atoms with Crippen LogP contribution >= 0.6 is 0 Å². The summed E-state index contributed by atoms with van der Waals surface area (Å²) in [5.74, 6) is 0.965. The first-order valence-corrected chi connectivity index (χ1v) is 9.36. The Kier molecular flexibility index (Phi) is 3.23. The van der Waals surface area contributed by atoms with Crippen molar-refractivity contribution in [3.05, 3.63) is 12.2 Å². The molecule has 22 heavy (non-hydrogen) atoms. The van der Waals surface area contributed by atoms with E-state index in [4.69, 9.17) is 4.52 Å². The number of sulfone groups is 1. The minimum Gasteiger partial charge on any atom is -0.343 e. The predicted octanol–water partition coefficient (Wildman–Crippen LogP) is -0.711. The van der Waals surface area contributed by atoms with Gasteiger partial charge in [-0.25, -0.2) is 8.42 Å². The van der Waals surface area contributed by atoms with Crippen LogP contribution in [0.4, 0.5) is 0 Å². The van der Waals surface area contributed by atoms with Crippen LogP contribution in [0, 0.1) is 5.92 Å². The first-order chi connectivity index (χ1) is 10.5. The molecule has 0 unspecified atom stereocenters. The van der Waals surface area contributed by atoms with E-state index in [9.17, 15) is 13.2 Å². The maximum Gasteiger partial charge on any atom is 0.226 e. The lowest BCUT2D eigenvalue weighted by Gasteiger charge is -2.43. The molecule has 9 heteroatoms. The lowest BCUT2D eigenvalue weighted by molar-refractivity contribution is -0.138. The molecule has 2 aliphatic heterocycles. The predicted molar refractivity (Wildman–Crippen MR) is 75.4 cm³/mol. The molecule has 1 amide bonds. The number of fused-ring (bicyclic) bond motifs is 1. The third-order valence-electron chi connectivity index (χ3n) is 4.75. The Labute approximate surface area is 128 Å². The molecule has 3 heterocycles. The van der Waals surface area contributed by atoms with Crippen molar-refractivity contribution in [2.24, 2.45) is 5.92 Å². The van der Waals surface area contributed by atoms with Crippen molar-refractivity contribution in [3.8, 4) is 0 Å². The summed E-state index contributed by atoms with van der Waals surface area (Å²) in [6, 6.07) is -0.404. The monoisotopic (exact) mass is 326 g/mol. The fraction of sp³-hybridized carbons (Fsp3) is 0.769. The summed E-state index contributed by atoms with van der Waals surface area (Å²) >= 11 is 0. The second-order valence-corrected chi connectivity index (χ2v) is 8.49. The number of aromatic nitrogens is 2. The van der Waals surface area contributed by atoms with Crippen LogP contribution in [0.1, 0.15) is 18.7 Å². The van der Waals surface area contributed by atoms with Crippen LogP contribution in [0.3, 0.4) is 0 Å². The van der Waals surface area contributed by atoms with E-state index in [1.54, 1.807) is 4.90 Å². The van der Waals surface area contributed by atoms with Crippen molar-refractivity contribution >= 4 is 15.7 Å². The highest BCUT2D eigenvalue weighted by Gasteiger charge is 2.49. The van der Waals surface area contributed by atoms with Gasteiger partial charge in [0.05, 0.1) is 24.1 Å². The Morgan fingerprint density at radius 3 is 2.73 bits per heavy atom. The third-order valence-corrected chi connectivity index (χ3v) is 6.45. The first kappa shape index (κ1) is 14.1. The van der Waals surface area contributed by atoms with E-state index >= 15 is 0 Å². The van der Waals surface area contributed by atoms with Crippen molar-refractivity contribution in [3.63, 3.8) is 0 Å². The molecular formula is C13H18N4O4S. The number of hydrogen-bond donors (Lipinski definition) is 0. The van der Waals surface area contributed by atoms with Crippen LogP contribution < -0.4 is 0 Å². The second-order valence-electron chi connectivity index (χ2n) is 6.34. The highest BCUT2D eigenvalue weighted by atomic mass is 32.2. The molecule has 2 atom stereocenters. The van der Waals surface area contributed by atoms with Gasteiger partial charge in [0.1, 0.15) is 0 Å². The number of carbonyl (C=O) groups excluding carboxylic acids is 1. The largest absolute Gasteiger partial charge is 0.343 e. The van der Waals surface area contributed by atoms with Crippen molar-refractivity contribution < 1.29 is 17.7 Å². The molecule has 8 nitrogen and oxygen atoms in total. The number of rotatable bonds is 3. The molecule has 0 spiro atoms. The molecule has 1 aromatic heterocycles. The summed E-state index contributed by atoms with van der Waals surface area (Å²) in [7, 11) is -3.11. The summed E-state index contributed by atoms with van der Waals surface area (Å²) in [5.41, 5.74) is 0. The highest BCUT2D eigenvalue weighted by molar-refractivity contribution is 7.91. The lowest BCUT2D eigenvalue weighted by Crippen LogP contribution is -2.60. The Bertz CT molecular complexity index is 670. The van der Waals surface area contributed by atoms with E-state index in [1.165, 1.54) is 6.39 Å². The zero-order valence-electron chi connectivity index (χ0n) is 12.1. The van der Waals surface area contributed by atoms with Gasteiger partial charge in [-0.05, 0) is 12.8 Å². The van der Waals surface area contributed by atoms with Crippen LogP contribution in [-0.2, 0) is 21.2 Å². The minimum atomic E-state index is -3.11. The van der Waals surface area contributed by atoms with Crippen molar-refractivity contribution in [1.29, 1.82) is 0 Å². The Morgan fingerprint density at radius 2 is 2.05 bits per heavy atom. The van der Waals surface area contributed by atoms with Gasteiger partial charge in [0.25, 0.3) is 0 Å². The number of carbonyl (C=O) groups is 1. The van der Waals surface area contributed by atoms with Gasteiger partial charge in [-0.3, -0.25) is 9.69 Å². The van der Waals surface area contributed by atoms with Gasteiger partial charge in [-0.2, -0.15) is 4.98 Å². The molecular weight excluding hydrogens is 308 g/mol. The fourth-order valence-electron chi connectivity index (χ4n) is 3.50. The summed E-state index contributed by atoms with van der Waals surface area (Å²) < 4.78 is 28.9. The summed E-state index contributed by atoms with van der Waals surface area (Å²) in [6.07, 6.45) is 3.14. The van der Waals surface area contributed by atoms with E-state index < -0.39 is 9.84 Å². The number of hydrogen-bond acceptors (Lipinski definition) is 7. The van der Waals surface area contributed by atoms with Crippen LogP contribution in [0.2, 0.25) is 0 Å². The third kappa shape index (κ3) is 2.52. The molecule has 2 saturated heterocycles. The average molecular weight is 326 g/mol. The van der Waals surface area contributed by atoms with Gasteiger partial charge in [-0.1, -0.05) is 5.16 Å². The normalized spacial score (nSPS) is 31.2. The van der Waals surface area contributed by atoms with E-state index in [2.05, 4.69) is 15.0 Å². The van der Waals surface area contributed by atoms with E-state index in [1.807, 2.05) is 0 Å². The van der Waals surface area contributed by atoms with Crippen LogP contribution in [-0.4, -0.2) is 70.9 Å². The molecule has 1 saturated carbocycles. The summed E-state index contributed by atoms with van der Waals surface area (Å²) in [5, 5.41) is 3.80. The second kappa shape index (κ2) is 5.02. The van der Waals surface area contributed by atoms with Gasteiger partial charge < -0.3 is 9.42 Å². The average Bonchev–Trinajstić information content (AvgIpc) is 3.09. The highest BCUT2D eigenvalue weighted by Crippen LogP contribution is 2.35. The zero-order chi connectivity index (χ0) is 15.3. The standard InChI is InChI=1S/C13H18N4O4S/c18-13(9-1-2-9)17-4-3-16(5-12-14-8-21-15-12)10-6-22(19,20)7-11(10)17/h8-11H,1-7H2/t10-,11+/m0/s1. The molecule has 120 valence electrons. The molecule has 4 rings (SSSR count). The Morgan fingerprint density at radius 1 is 1.27 bits per heavy atom. The van der Waals surface area contributed by atoms with Gasteiger partial charge in [0, 0.05) is 25.0 Å². The van der Waals surface area contributed by atoms with Gasteiger partial charge >= 0.3 is 0 Å². The molecule has 0 N–H and O–H groups in total. The lowest BCUT2D eigenvalue weighted by atomic mass is 10.0. The van der Waals surface area contributed by atoms with Gasteiger partial charge in [-0.15, -0.1) is 0 Å². The van der Waals surface area contributed by atoms with E-state index in [-0.39, 0.29) is 35.4 Å². The first-order valence-electron chi connectivity index (χ1n) is 7.54. The van der Waals surface area contributed by atoms with E-state index in [0.717, 1.165) is 12.8 Å². The maximum absolute atomic E-state index is 12.4. The van der Waals surface area contributed by atoms with Gasteiger partial charge in [0.2, 0.25) is 12.3 Å². The Hall–Kier alpha value is -1.48. The SMILES string of the molecule is O=C(C1CC1)N1CCN(Cc2ncon2)[C@H]2CS(=O)(=O)C[C@H]21. The number of nitrogens with zero attached hydrogens (tertiary/aromatic N) is 4. The van der Waals surface area contributed by atoms with Gasteiger partial charge in [0.15, 0.2) is 15.7 Å². The minimum absolute atomic E-state index is 0.0683. The topological polar surface area (TPSA) is 96.6 Å². The molecule has 0 aromatic carbocycles. The summed E-state index contributed by atoms with van der Waals surface area (Å²) in [4.78, 5) is 20.3. The van der Waals surface area contributed by atoms with Crippen LogP contribution in [0.5, 0.6) is 0 Å². The fourth-order valence-corrected chi connectivity index (χ4v) is 5.52. The quantitative estimate of drug-likeness (QED) is 0.724. The molecule has 0 radical (unpaired) electrons. The Balaban J connectivity index is 1.56. The molecule has 3 fully saturated rings. The molecule has 1 aromatic rings. The van der Waals surface area contributed by atoms with E-state index in [0.29, 0.717) is 25.5 Å². The summed E-state index contributed by atoms with van der Waals surface area (Å²) in [6.45, 7) is 1.67. The van der Waals surface area contributed by atoms with Crippen LogP contribution in [0.15, 0.2) is 10.9 Å². The maximum atomic E-state index is 12.4. The van der Waals surface area contributed by atoms with Crippen molar-refractivity contribution in [2.45, 2.75) is 31.5 Å². The number of amides is 1. The molecule has 1 aliphatic carbocycles. The van der Waals surface area contributed by atoms with Crippen molar-refractivity contribution in [1.82, 2.24) is 19.9 Å². The van der Waals surface area contributed by atoms with Crippen LogP contribution in [0.25, 0.3) is 0 Å². The molecule has 3 aliphatic rings. The number of piperazine rings is 1. The zero-order valence-corrected chi connectivity index (χ0v) is 12.9. The van der Waals surface area contributed by atoms with Crippen molar-refractivity contribution in [2.75, 3.05) is 24.6 Å². The smallest absolute Gasteiger partial charge is 0.226 e. The molecule has 0 bridgehead atoms.